The zero-order valence-corrected chi connectivity index (χ0v) is 12.3. The van der Waals surface area contributed by atoms with E-state index in [1.807, 2.05) is 13.8 Å². The Bertz CT molecular complexity index is 523. The van der Waals surface area contributed by atoms with Gasteiger partial charge in [-0.25, -0.2) is 4.79 Å². The van der Waals surface area contributed by atoms with E-state index < -0.39 is 5.97 Å². The smallest absolute Gasteiger partial charge is 0.328 e. The van der Waals surface area contributed by atoms with Gasteiger partial charge in [0.1, 0.15) is 0 Å². The van der Waals surface area contributed by atoms with Gasteiger partial charge < -0.3 is 15.1 Å². The third kappa shape index (κ3) is 5.39. The number of nitrogens with zero attached hydrogens (tertiary/aromatic N) is 1. The van der Waals surface area contributed by atoms with Gasteiger partial charge in [0.05, 0.1) is 0 Å². The number of hydrogen-bond donors (Lipinski definition) is 2. The van der Waals surface area contributed by atoms with Crippen molar-refractivity contribution >= 4 is 18.0 Å². The van der Waals surface area contributed by atoms with Gasteiger partial charge in [-0.15, -0.1) is 0 Å². The molecule has 0 aliphatic heterocycles. The minimum atomic E-state index is -1.03. The van der Waals surface area contributed by atoms with Crippen LogP contribution in [-0.4, -0.2) is 46.2 Å². The molecule has 2 N–H and O–H groups in total. The van der Waals surface area contributed by atoms with Crippen LogP contribution in [0.4, 0.5) is 0 Å². The van der Waals surface area contributed by atoms with Gasteiger partial charge in [0, 0.05) is 30.8 Å². The molecular weight excluding hydrogens is 270 g/mol. The van der Waals surface area contributed by atoms with Crippen LogP contribution >= 0.6 is 0 Å². The van der Waals surface area contributed by atoms with E-state index in [2.05, 4.69) is 0 Å². The predicted octanol–water partition coefficient (Wildman–Crippen LogP) is 2.02. The normalized spacial score (nSPS) is 11.0. The van der Waals surface area contributed by atoms with Gasteiger partial charge >= 0.3 is 5.97 Å². The molecule has 0 aliphatic carbocycles. The van der Waals surface area contributed by atoms with Crippen molar-refractivity contribution in [2.75, 3.05) is 13.2 Å². The van der Waals surface area contributed by atoms with E-state index in [-0.39, 0.29) is 18.6 Å². The summed E-state index contributed by atoms with van der Waals surface area (Å²) in [5.41, 5.74) is 1.17. The van der Waals surface area contributed by atoms with Gasteiger partial charge in [-0.05, 0) is 44.0 Å². The summed E-state index contributed by atoms with van der Waals surface area (Å²) < 4.78 is 0. The molecule has 0 aromatic heterocycles. The molecule has 0 aliphatic rings. The number of carboxylic acids is 1. The average Bonchev–Trinajstić information content (AvgIpc) is 2.45. The highest BCUT2D eigenvalue weighted by atomic mass is 16.4. The molecule has 21 heavy (non-hydrogen) atoms. The third-order valence-electron chi connectivity index (χ3n) is 2.99. The zero-order valence-electron chi connectivity index (χ0n) is 12.3. The summed E-state index contributed by atoms with van der Waals surface area (Å²) in [6, 6.07) is 6.86. The highest BCUT2D eigenvalue weighted by Crippen LogP contribution is 2.12. The molecule has 5 nitrogen and oxygen atoms in total. The van der Waals surface area contributed by atoms with E-state index in [1.165, 1.54) is 6.08 Å². The van der Waals surface area contributed by atoms with Crippen molar-refractivity contribution in [2.45, 2.75) is 26.3 Å². The summed E-state index contributed by atoms with van der Waals surface area (Å²) in [7, 11) is 0. The van der Waals surface area contributed by atoms with E-state index in [1.54, 1.807) is 29.2 Å². The number of rotatable bonds is 7. The Kier molecular flexibility index (Phi) is 6.62. The fourth-order valence-corrected chi connectivity index (χ4v) is 1.94. The molecule has 0 heterocycles. The highest BCUT2D eigenvalue weighted by molar-refractivity contribution is 5.95. The van der Waals surface area contributed by atoms with E-state index in [0.29, 0.717) is 24.1 Å². The standard InChI is InChI=1S/C16H21NO4/c1-12(2)17(9-4-10-18)16(21)14-6-3-5-13(11-14)7-8-15(19)20/h3,5-8,11-12,18H,4,9-10H2,1-2H3,(H,19,20). The molecule has 1 amide bonds. The largest absolute Gasteiger partial charge is 0.478 e. The van der Waals surface area contributed by atoms with Crippen molar-refractivity contribution in [1.29, 1.82) is 0 Å². The number of aliphatic hydroxyl groups is 1. The molecule has 0 fully saturated rings. The van der Waals surface area contributed by atoms with Crippen LogP contribution in [0.2, 0.25) is 0 Å². The summed E-state index contributed by atoms with van der Waals surface area (Å²) in [6.07, 6.45) is 3.02. The lowest BCUT2D eigenvalue weighted by molar-refractivity contribution is -0.131. The minimum Gasteiger partial charge on any atom is -0.478 e. The lowest BCUT2D eigenvalue weighted by atomic mass is 10.1. The van der Waals surface area contributed by atoms with Gasteiger partial charge in [0.25, 0.3) is 5.91 Å². The van der Waals surface area contributed by atoms with Crippen molar-refractivity contribution in [3.05, 3.63) is 41.5 Å². The zero-order chi connectivity index (χ0) is 15.8. The fraction of sp³-hybridized carbons (Fsp3) is 0.375. The molecule has 1 rings (SSSR count). The van der Waals surface area contributed by atoms with Gasteiger partial charge in [-0.3, -0.25) is 4.79 Å². The van der Waals surface area contributed by atoms with Crippen LogP contribution in [0.3, 0.4) is 0 Å². The molecule has 0 unspecified atom stereocenters. The van der Waals surface area contributed by atoms with Gasteiger partial charge in [0.15, 0.2) is 0 Å². The number of carbonyl (C=O) groups is 2. The molecule has 0 bridgehead atoms. The predicted molar refractivity (Wildman–Crippen MR) is 81.0 cm³/mol. The lowest BCUT2D eigenvalue weighted by Gasteiger charge is -2.26. The Hall–Kier alpha value is -2.14. The maximum absolute atomic E-state index is 12.5. The van der Waals surface area contributed by atoms with Crippen LogP contribution in [-0.2, 0) is 4.79 Å². The van der Waals surface area contributed by atoms with Crippen molar-refractivity contribution in [3.63, 3.8) is 0 Å². The first-order valence-electron chi connectivity index (χ1n) is 6.88. The second-order valence-corrected chi connectivity index (χ2v) is 4.97. The Labute approximate surface area is 124 Å². The maximum atomic E-state index is 12.5. The summed E-state index contributed by atoms with van der Waals surface area (Å²) in [5.74, 6) is -1.15. The van der Waals surface area contributed by atoms with Crippen molar-refractivity contribution in [3.8, 4) is 0 Å². The second-order valence-electron chi connectivity index (χ2n) is 4.97. The first-order valence-corrected chi connectivity index (χ1v) is 6.88. The number of carboxylic acid groups (broad SMARTS) is 1. The van der Waals surface area contributed by atoms with Crippen LogP contribution in [0, 0.1) is 0 Å². The molecule has 1 aromatic rings. The van der Waals surface area contributed by atoms with E-state index in [9.17, 15) is 9.59 Å². The van der Waals surface area contributed by atoms with Crippen molar-refractivity contribution in [2.24, 2.45) is 0 Å². The summed E-state index contributed by atoms with van der Waals surface area (Å²) in [4.78, 5) is 24.7. The second kappa shape index (κ2) is 8.21. The molecule has 0 saturated heterocycles. The third-order valence-corrected chi connectivity index (χ3v) is 2.99. The highest BCUT2D eigenvalue weighted by Gasteiger charge is 2.18. The molecule has 5 heteroatoms. The number of aliphatic hydroxyl groups excluding tert-OH is 1. The van der Waals surface area contributed by atoms with Crippen molar-refractivity contribution < 1.29 is 19.8 Å². The van der Waals surface area contributed by atoms with E-state index in [0.717, 1.165) is 6.08 Å². The number of aliphatic carboxylic acids is 1. The lowest BCUT2D eigenvalue weighted by Crippen LogP contribution is -2.38. The molecule has 1 aromatic carbocycles. The number of amides is 1. The minimum absolute atomic E-state index is 0.0299. The van der Waals surface area contributed by atoms with Gasteiger partial charge in [0.2, 0.25) is 0 Å². The fourth-order valence-electron chi connectivity index (χ4n) is 1.94. The summed E-state index contributed by atoms with van der Waals surface area (Å²) in [5, 5.41) is 17.5. The van der Waals surface area contributed by atoms with E-state index >= 15 is 0 Å². The van der Waals surface area contributed by atoms with Crippen LogP contribution in [0.25, 0.3) is 6.08 Å². The molecule has 0 saturated carbocycles. The Morgan fingerprint density at radius 2 is 2.05 bits per heavy atom. The molecule has 114 valence electrons. The first kappa shape index (κ1) is 16.9. The van der Waals surface area contributed by atoms with Gasteiger partial charge in [-0.2, -0.15) is 0 Å². The topological polar surface area (TPSA) is 77.8 Å². The van der Waals surface area contributed by atoms with Gasteiger partial charge in [-0.1, -0.05) is 12.1 Å². The number of benzene rings is 1. The molecular formula is C16H21NO4. The Morgan fingerprint density at radius 1 is 1.33 bits per heavy atom. The monoisotopic (exact) mass is 291 g/mol. The van der Waals surface area contributed by atoms with E-state index in [4.69, 9.17) is 10.2 Å². The maximum Gasteiger partial charge on any atom is 0.328 e. The summed E-state index contributed by atoms with van der Waals surface area (Å²) >= 11 is 0. The Balaban J connectivity index is 2.94. The summed E-state index contributed by atoms with van der Waals surface area (Å²) in [6.45, 7) is 4.37. The quantitative estimate of drug-likeness (QED) is 0.753. The van der Waals surface area contributed by atoms with Crippen LogP contribution in [0.1, 0.15) is 36.2 Å². The average molecular weight is 291 g/mol. The molecule has 0 atom stereocenters. The van der Waals surface area contributed by atoms with Crippen LogP contribution in [0.5, 0.6) is 0 Å². The first-order chi connectivity index (χ1) is 9.95. The molecule has 0 spiro atoms. The van der Waals surface area contributed by atoms with Crippen molar-refractivity contribution in [1.82, 2.24) is 4.90 Å². The SMILES string of the molecule is CC(C)N(CCCO)C(=O)c1cccc(C=CC(=O)O)c1. The van der Waals surface area contributed by atoms with Crippen LogP contribution < -0.4 is 0 Å². The number of carbonyl (C=O) groups excluding carboxylic acids is 1. The number of hydrogen-bond acceptors (Lipinski definition) is 3. The Morgan fingerprint density at radius 3 is 2.62 bits per heavy atom. The van der Waals surface area contributed by atoms with Crippen LogP contribution in [0.15, 0.2) is 30.3 Å². The molecule has 0 radical (unpaired) electrons.